The van der Waals surface area contributed by atoms with Crippen LogP contribution in [0.5, 0.6) is 0 Å². The zero-order valence-corrected chi connectivity index (χ0v) is 13.5. The van der Waals surface area contributed by atoms with E-state index < -0.39 is 0 Å². The highest BCUT2D eigenvalue weighted by Gasteiger charge is 2.25. The second-order valence-electron chi connectivity index (χ2n) is 5.67. The number of nitrogens with zero attached hydrogens (tertiary/aromatic N) is 2. The summed E-state index contributed by atoms with van der Waals surface area (Å²) in [7, 11) is 0. The molecule has 0 radical (unpaired) electrons. The summed E-state index contributed by atoms with van der Waals surface area (Å²) >= 11 is 0. The van der Waals surface area contributed by atoms with Crippen LogP contribution in [-0.2, 0) is 4.79 Å². The van der Waals surface area contributed by atoms with Crippen LogP contribution in [0.2, 0.25) is 0 Å². The van der Waals surface area contributed by atoms with Gasteiger partial charge in [-0.25, -0.2) is 0 Å². The fraction of sp³-hybridized carbons (Fsp3) is 0.600. The van der Waals surface area contributed by atoms with Crippen LogP contribution < -0.4 is 10.6 Å². The monoisotopic (exact) mass is 312 g/mol. The Balaban J connectivity index is 0.00000220. The van der Waals surface area contributed by atoms with Crippen molar-refractivity contribution >= 4 is 18.3 Å². The first-order chi connectivity index (χ1) is 9.66. The number of amides is 1. The van der Waals surface area contributed by atoms with E-state index in [2.05, 4.69) is 40.4 Å². The normalized spacial score (nSPS) is 19.1. The van der Waals surface area contributed by atoms with Gasteiger partial charge < -0.3 is 10.6 Å². The number of aromatic nitrogens is 1. The van der Waals surface area contributed by atoms with Crippen molar-refractivity contribution < 1.29 is 4.79 Å². The molecule has 2 N–H and O–H groups in total. The Labute approximate surface area is 132 Å². The van der Waals surface area contributed by atoms with Gasteiger partial charge in [-0.1, -0.05) is 19.9 Å². The predicted molar refractivity (Wildman–Crippen MR) is 86.5 cm³/mol. The van der Waals surface area contributed by atoms with Crippen molar-refractivity contribution in [1.29, 1.82) is 0 Å². The van der Waals surface area contributed by atoms with Gasteiger partial charge in [0.1, 0.15) is 0 Å². The van der Waals surface area contributed by atoms with Gasteiger partial charge in [0.25, 0.3) is 0 Å². The second kappa shape index (κ2) is 8.97. The molecule has 1 aliphatic heterocycles. The van der Waals surface area contributed by atoms with Crippen molar-refractivity contribution in [3.8, 4) is 0 Å². The van der Waals surface area contributed by atoms with E-state index in [4.69, 9.17) is 0 Å². The van der Waals surface area contributed by atoms with Crippen LogP contribution in [-0.4, -0.2) is 48.5 Å². The van der Waals surface area contributed by atoms with E-state index in [1.165, 1.54) is 0 Å². The molecular weight excluding hydrogens is 288 g/mol. The van der Waals surface area contributed by atoms with Gasteiger partial charge in [0.05, 0.1) is 6.54 Å². The number of hydrogen-bond acceptors (Lipinski definition) is 4. The Morgan fingerprint density at radius 3 is 3.05 bits per heavy atom. The average Bonchev–Trinajstić information content (AvgIpc) is 2.47. The standard InChI is InChI=1S/C15H24N4O.ClH/c1-12(2)8-18-15(20)11-19-7-6-17-10-14(19)13-4-3-5-16-9-13;/h3-5,9,12,14,17H,6-8,10-11H2,1-2H3,(H,18,20);1H. The summed E-state index contributed by atoms with van der Waals surface area (Å²) in [6.07, 6.45) is 3.66. The summed E-state index contributed by atoms with van der Waals surface area (Å²) in [5.41, 5.74) is 1.16. The Bertz CT molecular complexity index is 427. The molecule has 0 bridgehead atoms. The van der Waals surface area contributed by atoms with Crippen molar-refractivity contribution in [3.05, 3.63) is 30.1 Å². The fourth-order valence-corrected chi connectivity index (χ4v) is 2.40. The van der Waals surface area contributed by atoms with E-state index in [9.17, 15) is 4.79 Å². The third-order valence-corrected chi connectivity index (χ3v) is 3.48. The minimum Gasteiger partial charge on any atom is -0.355 e. The maximum atomic E-state index is 12.0. The first-order valence-corrected chi connectivity index (χ1v) is 7.28. The molecule has 2 heterocycles. The van der Waals surface area contributed by atoms with Crippen molar-refractivity contribution in [1.82, 2.24) is 20.5 Å². The molecule has 1 saturated heterocycles. The highest BCUT2D eigenvalue weighted by molar-refractivity contribution is 5.85. The summed E-state index contributed by atoms with van der Waals surface area (Å²) in [6, 6.07) is 4.24. The van der Waals surface area contributed by atoms with Gasteiger partial charge in [-0.2, -0.15) is 0 Å². The van der Waals surface area contributed by atoms with Crippen LogP contribution in [0.15, 0.2) is 24.5 Å². The molecule has 1 aromatic heterocycles. The van der Waals surface area contributed by atoms with E-state index in [-0.39, 0.29) is 24.4 Å². The van der Waals surface area contributed by atoms with E-state index in [1.54, 1.807) is 6.20 Å². The maximum Gasteiger partial charge on any atom is 0.234 e. The highest BCUT2D eigenvalue weighted by Crippen LogP contribution is 2.20. The van der Waals surface area contributed by atoms with Crippen LogP contribution in [0, 0.1) is 5.92 Å². The average molecular weight is 313 g/mol. The van der Waals surface area contributed by atoms with Crippen molar-refractivity contribution in [2.24, 2.45) is 5.92 Å². The third kappa shape index (κ3) is 5.61. The van der Waals surface area contributed by atoms with Crippen LogP contribution in [0.1, 0.15) is 25.5 Å². The van der Waals surface area contributed by atoms with Gasteiger partial charge in [-0.15, -0.1) is 12.4 Å². The van der Waals surface area contributed by atoms with E-state index in [0.717, 1.165) is 31.7 Å². The molecule has 5 nitrogen and oxygen atoms in total. The molecule has 1 aromatic rings. The first-order valence-electron chi connectivity index (χ1n) is 7.28. The molecule has 118 valence electrons. The van der Waals surface area contributed by atoms with E-state index in [0.29, 0.717) is 12.5 Å². The number of pyridine rings is 1. The lowest BCUT2D eigenvalue weighted by molar-refractivity contribution is -0.123. The molecule has 1 atom stereocenters. The van der Waals surface area contributed by atoms with E-state index in [1.807, 2.05) is 12.3 Å². The molecule has 0 saturated carbocycles. The Kier molecular flexibility index (Phi) is 7.64. The maximum absolute atomic E-state index is 12.0. The Morgan fingerprint density at radius 1 is 1.57 bits per heavy atom. The first kappa shape index (κ1) is 17.9. The van der Waals surface area contributed by atoms with Crippen LogP contribution in [0.25, 0.3) is 0 Å². The second-order valence-corrected chi connectivity index (χ2v) is 5.67. The quantitative estimate of drug-likeness (QED) is 0.858. The SMILES string of the molecule is CC(C)CNC(=O)CN1CCNCC1c1cccnc1.Cl. The molecule has 0 aromatic carbocycles. The lowest BCUT2D eigenvalue weighted by atomic mass is 10.1. The largest absolute Gasteiger partial charge is 0.355 e. The van der Waals surface area contributed by atoms with E-state index >= 15 is 0 Å². The zero-order chi connectivity index (χ0) is 14.4. The number of carbonyl (C=O) groups excluding carboxylic acids is 1. The summed E-state index contributed by atoms with van der Waals surface area (Å²) in [5.74, 6) is 0.589. The number of carbonyl (C=O) groups is 1. The van der Waals surface area contributed by atoms with Crippen LogP contribution >= 0.6 is 12.4 Å². The van der Waals surface area contributed by atoms with Crippen LogP contribution in [0.3, 0.4) is 0 Å². The van der Waals surface area contributed by atoms with Crippen molar-refractivity contribution in [2.45, 2.75) is 19.9 Å². The minimum absolute atomic E-state index is 0. The number of hydrogen-bond donors (Lipinski definition) is 2. The number of piperazine rings is 1. The topological polar surface area (TPSA) is 57.3 Å². The number of rotatable bonds is 5. The highest BCUT2D eigenvalue weighted by atomic mass is 35.5. The van der Waals surface area contributed by atoms with Gasteiger partial charge >= 0.3 is 0 Å². The van der Waals surface area contributed by atoms with Gasteiger partial charge in [0.15, 0.2) is 0 Å². The Hall–Kier alpha value is -1.17. The van der Waals surface area contributed by atoms with Crippen molar-refractivity contribution in [2.75, 3.05) is 32.7 Å². The molecule has 1 amide bonds. The van der Waals surface area contributed by atoms with Gasteiger partial charge in [0, 0.05) is 44.6 Å². The smallest absolute Gasteiger partial charge is 0.234 e. The minimum atomic E-state index is 0. The molecule has 2 rings (SSSR count). The molecule has 0 spiro atoms. The lowest BCUT2D eigenvalue weighted by Gasteiger charge is -2.35. The molecule has 21 heavy (non-hydrogen) atoms. The summed E-state index contributed by atoms with van der Waals surface area (Å²) < 4.78 is 0. The van der Waals surface area contributed by atoms with Crippen molar-refractivity contribution in [3.63, 3.8) is 0 Å². The fourth-order valence-electron chi connectivity index (χ4n) is 2.40. The summed E-state index contributed by atoms with van der Waals surface area (Å²) in [6.45, 7) is 8.07. The molecule has 1 aliphatic rings. The molecule has 1 unspecified atom stereocenters. The van der Waals surface area contributed by atoms with Gasteiger partial charge in [-0.05, 0) is 17.5 Å². The molecule has 1 fully saturated rings. The molecule has 6 heteroatoms. The summed E-state index contributed by atoms with van der Waals surface area (Å²) in [5, 5.41) is 6.37. The zero-order valence-electron chi connectivity index (χ0n) is 12.7. The third-order valence-electron chi connectivity index (χ3n) is 3.48. The van der Waals surface area contributed by atoms with Gasteiger partial charge in [0.2, 0.25) is 5.91 Å². The predicted octanol–water partition coefficient (Wildman–Crippen LogP) is 1.22. The number of halogens is 1. The van der Waals surface area contributed by atoms with Gasteiger partial charge in [-0.3, -0.25) is 14.7 Å². The lowest BCUT2D eigenvalue weighted by Crippen LogP contribution is -2.49. The molecule has 0 aliphatic carbocycles. The van der Waals surface area contributed by atoms with Crippen LogP contribution in [0.4, 0.5) is 0 Å². The summed E-state index contributed by atoms with van der Waals surface area (Å²) in [4.78, 5) is 18.4. The Morgan fingerprint density at radius 2 is 2.38 bits per heavy atom. The molecular formula is C15H25ClN4O. The number of nitrogens with one attached hydrogen (secondary N) is 2.